The highest BCUT2D eigenvalue weighted by Crippen LogP contribution is 2.27. The summed E-state index contributed by atoms with van der Waals surface area (Å²) in [6.07, 6.45) is 1.94. The van der Waals surface area contributed by atoms with Crippen molar-refractivity contribution in [3.05, 3.63) is 46.2 Å². The molecular weight excluding hydrogens is 328 g/mol. The van der Waals surface area contributed by atoms with Crippen LogP contribution in [0.4, 0.5) is 10.1 Å². The molecule has 0 bridgehead atoms. The minimum Gasteiger partial charge on any atom is -0.278 e. The van der Waals surface area contributed by atoms with E-state index in [0.29, 0.717) is 5.69 Å². The van der Waals surface area contributed by atoms with Crippen molar-refractivity contribution < 1.29 is 12.8 Å². The molecule has 0 atom stereocenters. The molecule has 0 aromatic carbocycles. The first-order valence-corrected chi connectivity index (χ1v) is 7.49. The molecule has 0 spiro atoms. The molecule has 0 fully saturated rings. The van der Waals surface area contributed by atoms with E-state index in [1.165, 1.54) is 6.07 Å². The number of nitrogens with one attached hydrogen (secondary N) is 1. The van der Waals surface area contributed by atoms with Crippen LogP contribution < -0.4 is 4.72 Å². The molecule has 0 amide bonds. The normalized spacial score (nSPS) is 11.4. The van der Waals surface area contributed by atoms with Crippen LogP contribution in [0.2, 0.25) is 10.2 Å². The Hall–Kier alpha value is -1.44. The van der Waals surface area contributed by atoms with E-state index in [4.69, 9.17) is 23.2 Å². The summed E-state index contributed by atoms with van der Waals surface area (Å²) in [5.41, 5.74) is 0.496. The predicted molar refractivity (Wildman–Crippen MR) is 74.0 cm³/mol. The second kappa shape index (κ2) is 5.51. The van der Waals surface area contributed by atoms with Crippen LogP contribution in [0, 0.1) is 12.7 Å². The minimum atomic E-state index is -3.98. The molecule has 20 heavy (non-hydrogen) atoms. The zero-order valence-corrected chi connectivity index (χ0v) is 12.4. The minimum absolute atomic E-state index is 0.0690. The number of hydrogen-bond acceptors (Lipinski definition) is 4. The number of hydrogen-bond donors (Lipinski definition) is 1. The lowest BCUT2D eigenvalue weighted by molar-refractivity contribution is 0.592. The Morgan fingerprint density at radius 2 is 1.95 bits per heavy atom. The van der Waals surface area contributed by atoms with Crippen molar-refractivity contribution in [2.45, 2.75) is 11.8 Å². The van der Waals surface area contributed by atoms with Gasteiger partial charge in [0, 0.05) is 6.20 Å². The number of rotatable bonds is 3. The lowest BCUT2D eigenvalue weighted by Gasteiger charge is -2.10. The SMILES string of the molecule is Cc1nc(Cl)c(Cl)cc1NS(=O)(=O)c1cncc(F)c1. The zero-order chi connectivity index (χ0) is 14.9. The molecule has 2 aromatic rings. The molecule has 2 heterocycles. The molecule has 2 rings (SSSR count). The van der Waals surface area contributed by atoms with Crippen molar-refractivity contribution in [1.82, 2.24) is 9.97 Å². The van der Waals surface area contributed by atoms with Gasteiger partial charge in [-0.25, -0.2) is 17.8 Å². The fraction of sp³-hybridized carbons (Fsp3) is 0.0909. The van der Waals surface area contributed by atoms with Crippen molar-refractivity contribution in [3.63, 3.8) is 0 Å². The van der Waals surface area contributed by atoms with Crippen molar-refractivity contribution in [3.8, 4) is 0 Å². The van der Waals surface area contributed by atoms with Gasteiger partial charge in [0.15, 0.2) is 0 Å². The third kappa shape index (κ3) is 3.17. The van der Waals surface area contributed by atoms with Crippen LogP contribution >= 0.6 is 23.2 Å². The van der Waals surface area contributed by atoms with Gasteiger partial charge in [0.1, 0.15) is 15.9 Å². The second-order valence-corrected chi connectivity index (χ2v) is 6.29. The summed E-state index contributed by atoms with van der Waals surface area (Å²) in [5.74, 6) is -0.753. The van der Waals surface area contributed by atoms with E-state index in [-0.39, 0.29) is 20.8 Å². The number of anilines is 1. The standard InChI is InChI=1S/C11H8Cl2FN3O2S/c1-6-10(3-9(12)11(13)16-6)17-20(18,19)8-2-7(14)4-15-5-8/h2-5,17H,1H3. The maximum atomic E-state index is 13.0. The van der Waals surface area contributed by atoms with Gasteiger partial charge in [0.25, 0.3) is 10.0 Å². The summed E-state index contributed by atoms with van der Waals surface area (Å²) < 4.78 is 39.4. The van der Waals surface area contributed by atoms with Gasteiger partial charge in [-0.2, -0.15) is 0 Å². The molecule has 0 saturated carbocycles. The van der Waals surface area contributed by atoms with Crippen LogP contribution in [0.5, 0.6) is 0 Å². The fourth-order valence-electron chi connectivity index (χ4n) is 1.40. The first kappa shape index (κ1) is 15.0. The summed E-state index contributed by atoms with van der Waals surface area (Å²) in [5, 5.41) is 0.173. The van der Waals surface area contributed by atoms with E-state index in [1.54, 1.807) is 6.92 Å². The van der Waals surface area contributed by atoms with Crippen LogP contribution in [0.3, 0.4) is 0 Å². The van der Waals surface area contributed by atoms with Gasteiger partial charge >= 0.3 is 0 Å². The largest absolute Gasteiger partial charge is 0.278 e. The number of sulfonamides is 1. The molecule has 5 nitrogen and oxygen atoms in total. The van der Waals surface area contributed by atoms with Crippen molar-refractivity contribution in [2.75, 3.05) is 4.72 Å². The van der Waals surface area contributed by atoms with E-state index < -0.39 is 15.8 Å². The molecule has 0 aliphatic rings. The molecule has 0 aliphatic carbocycles. The molecule has 0 aliphatic heterocycles. The number of pyridine rings is 2. The summed E-state index contributed by atoms with van der Waals surface area (Å²) in [6, 6.07) is 2.19. The molecule has 2 aromatic heterocycles. The summed E-state index contributed by atoms with van der Waals surface area (Å²) in [7, 11) is -3.98. The van der Waals surface area contributed by atoms with Crippen molar-refractivity contribution in [2.24, 2.45) is 0 Å². The van der Waals surface area contributed by atoms with Crippen LogP contribution in [0.1, 0.15) is 5.69 Å². The fourth-order valence-corrected chi connectivity index (χ4v) is 2.81. The van der Waals surface area contributed by atoms with Gasteiger partial charge in [-0.15, -0.1) is 0 Å². The van der Waals surface area contributed by atoms with Gasteiger partial charge < -0.3 is 0 Å². The number of halogens is 3. The quantitative estimate of drug-likeness (QED) is 0.875. The molecule has 106 valence electrons. The van der Waals surface area contributed by atoms with Crippen molar-refractivity contribution in [1.29, 1.82) is 0 Å². The van der Waals surface area contributed by atoms with Crippen LogP contribution in [-0.2, 0) is 10.0 Å². The molecule has 0 saturated heterocycles. The number of aryl methyl sites for hydroxylation is 1. The molecular formula is C11H8Cl2FN3O2S. The topological polar surface area (TPSA) is 72.0 Å². The van der Waals surface area contributed by atoms with E-state index in [0.717, 1.165) is 18.5 Å². The van der Waals surface area contributed by atoms with E-state index in [9.17, 15) is 12.8 Å². The average Bonchev–Trinajstić information content (AvgIpc) is 2.36. The summed E-state index contributed by atoms with van der Waals surface area (Å²) in [4.78, 5) is 7.07. The van der Waals surface area contributed by atoms with Crippen LogP contribution in [-0.4, -0.2) is 18.4 Å². The monoisotopic (exact) mass is 335 g/mol. The van der Waals surface area contributed by atoms with E-state index >= 15 is 0 Å². The first-order chi connectivity index (χ1) is 9.29. The Morgan fingerprint density at radius 3 is 2.60 bits per heavy atom. The van der Waals surface area contributed by atoms with Crippen LogP contribution in [0.15, 0.2) is 29.4 Å². The average molecular weight is 336 g/mol. The van der Waals surface area contributed by atoms with Gasteiger partial charge in [-0.1, -0.05) is 23.2 Å². The number of nitrogens with zero attached hydrogens (tertiary/aromatic N) is 2. The highest BCUT2D eigenvalue weighted by Gasteiger charge is 2.18. The smallest absolute Gasteiger partial charge is 0.263 e. The lowest BCUT2D eigenvalue weighted by Crippen LogP contribution is -2.14. The van der Waals surface area contributed by atoms with Gasteiger partial charge in [0.2, 0.25) is 0 Å². The summed E-state index contributed by atoms with van der Waals surface area (Å²) >= 11 is 11.5. The lowest BCUT2D eigenvalue weighted by atomic mass is 10.3. The Bertz CT molecular complexity index is 768. The van der Waals surface area contributed by atoms with Crippen molar-refractivity contribution >= 4 is 38.9 Å². The highest BCUT2D eigenvalue weighted by molar-refractivity contribution is 7.92. The maximum absolute atomic E-state index is 13.0. The maximum Gasteiger partial charge on any atom is 0.263 e. The Morgan fingerprint density at radius 1 is 1.25 bits per heavy atom. The predicted octanol–water partition coefficient (Wildman–Crippen LogP) is 3.03. The molecule has 9 heteroatoms. The Balaban J connectivity index is 2.41. The highest BCUT2D eigenvalue weighted by atomic mass is 35.5. The third-order valence-electron chi connectivity index (χ3n) is 2.36. The van der Waals surface area contributed by atoms with Gasteiger partial charge in [-0.05, 0) is 19.1 Å². The van der Waals surface area contributed by atoms with Crippen LogP contribution in [0.25, 0.3) is 0 Å². The van der Waals surface area contributed by atoms with E-state index in [2.05, 4.69) is 14.7 Å². The van der Waals surface area contributed by atoms with Gasteiger partial charge in [0.05, 0.1) is 22.6 Å². The second-order valence-electron chi connectivity index (χ2n) is 3.84. The molecule has 1 N–H and O–H groups in total. The first-order valence-electron chi connectivity index (χ1n) is 5.25. The Labute approximate surface area is 124 Å². The number of aromatic nitrogens is 2. The zero-order valence-electron chi connectivity index (χ0n) is 10.1. The molecule has 0 radical (unpaired) electrons. The Kier molecular flexibility index (Phi) is 4.12. The van der Waals surface area contributed by atoms with E-state index in [1.807, 2.05) is 0 Å². The molecule has 0 unspecified atom stereocenters. The van der Waals surface area contributed by atoms with Gasteiger partial charge in [-0.3, -0.25) is 9.71 Å². The summed E-state index contributed by atoms with van der Waals surface area (Å²) in [6.45, 7) is 1.56. The third-order valence-corrected chi connectivity index (χ3v) is 4.36.